The van der Waals surface area contributed by atoms with Crippen molar-refractivity contribution in [3.8, 4) is 11.5 Å². The van der Waals surface area contributed by atoms with Crippen molar-refractivity contribution >= 4 is 17.3 Å². The molecular formula is C22H28N2O4. The summed E-state index contributed by atoms with van der Waals surface area (Å²) in [6, 6.07) is 15.1. The van der Waals surface area contributed by atoms with Crippen LogP contribution < -0.4 is 20.1 Å². The van der Waals surface area contributed by atoms with Crippen molar-refractivity contribution in [1.29, 1.82) is 0 Å². The van der Waals surface area contributed by atoms with E-state index in [-0.39, 0.29) is 18.6 Å². The van der Waals surface area contributed by atoms with Gasteiger partial charge in [-0.15, -0.1) is 0 Å². The summed E-state index contributed by atoms with van der Waals surface area (Å²) in [6.07, 6.45) is 3.17. The number of benzene rings is 2. The third-order valence-corrected chi connectivity index (χ3v) is 4.37. The number of amides is 1. The molecule has 0 radical (unpaired) electrons. The number of carbonyl (C=O) groups excluding carboxylic acids is 1. The predicted molar refractivity (Wildman–Crippen MR) is 110 cm³/mol. The molecule has 28 heavy (non-hydrogen) atoms. The van der Waals surface area contributed by atoms with Gasteiger partial charge in [0.1, 0.15) is 18.1 Å². The molecule has 1 fully saturated rings. The van der Waals surface area contributed by atoms with Crippen LogP contribution in [-0.2, 0) is 9.53 Å². The fourth-order valence-electron chi connectivity index (χ4n) is 2.95. The highest BCUT2D eigenvalue weighted by molar-refractivity contribution is 5.95. The van der Waals surface area contributed by atoms with Crippen molar-refractivity contribution in [3.63, 3.8) is 0 Å². The summed E-state index contributed by atoms with van der Waals surface area (Å²) < 4.78 is 17.1. The summed E-state index contributed by atoms with van der Waals surface area (Å²) in [4.78, 5) is 12.4. The van der Waals surface area contributed by atoms with Gasteiger partial charge in [-0.1, -0.05) is 25.1 Å². The number of para-hydroxylation sites is 2. The van der Waals surface area contributed by atoms with Gasteiger partial charge in [0.25, 0.3) is 0 Å². The van der Waals surface area contributed by atoms with Gasteiger partial charge in [0.2, 0.25) is 5.91 Å². The van der Waals surface area contributed by atoms with Gasteiger partial charge in [0.15, 0.2) is 0 Å². The Morgan fingerprint density at radius 1 is 1.18 bits per heavy atom. The summed E-state index contributed by atoms with van der Waals surface area (Å²) in [6.45, 7) is 4.18. The van der Waals surface area contributed by atoms with E-state index >= 15 is 0 Å². The first-order chi connectivity index (χ1) is 13.7. The maximum atomic E-state index is 12.4. The van der Waals surface area contributed by atoms with Gasteiger partial charge in [-0.05, 0) is 43.5 Å². The molecule has 0 aliphatic carbocycles. The van der Waals surface area contributed by atoms with Crippen molar-refractivity contribution in [3.05, 3.63) is 48.5 Å². The van der Waals surface area contributed by atoms with E-state index in [4.69, 9.17) is 14.2 Å². The Kier molecular flexibility index (Phi) is 7.55. The number of anilines is 2. The average Bonchev–Trinajstić information content (AvgIpc) is 3.24. The number of rotatable bonds is 10. The van der Waals surface area contributed by atoms with E-state index < -0.39 is 0 Å². The standard InChI is InChI=1S/C22H28N2O4/c1-2-12-26-18-8-5-7-17(14-18)23-15-22(25)24-20-10-3-4-11-21(20)28-16-19-9-6-13-27-19/h3-5,7-8,10-11,14,19,23H,2,6,9,12-13,15-16H2,1H3,(H,24,25). The van der Waals surface area contributed by atoms with Crippen LogP contribution in [-0.4, -0.2) is 38.4 Å². The van der Waals surface area contributed by atoms with Crippen LogP contribution in [0, 0.1) is 0 Å². The Bertz CT molecular complexity index is 760. The van der Waals surface area contributed by atoms with E-state index in [1.807, 2.05) is 48.5 Å². The second-order valence-electron chi connectivity index (χ2n) is 6.72. The smallest absolute Gasteiger partial charge is 0.243 e. The van der Waals surface area contributed by atoms with Crippen LogP contribution in [0.15, 0.2) is 48.5 Å². The molecule has 2 N–H and O–H groups in total. The van der Waals surface area contributed by atoms with Gasteiger partial charge in [0, 0.05) is 18.4 Å². The summed E-state index contributed by atoms with van der Waals surface area (Å²) in [7, 11) is 0. The van der Waals surface area contributed by atoms with E-state index in [0.717, 1.165) is 37.3 Å². The monoisotopic (exact) mass is 384 g/mol. The van der Waals surface area contributed by atoms with Gasteiger partial charge < -0.3 is 24.8 Å². The SMILES string of the molecule is CCCOc1cccc(NCC(=O)Nc2ccccc2OCC2CCCO2)c1. The highest BCUT2D eigenvalue weighted by Crippen LogP contribution is 2.25. The molecule has 2 aromatic carbocycles. The maximum Gasteiger partial charge on any atom is 0.243 e. The van der Waals surface area contributed by atoms with Gasteiger partial charge in [-0.2, -0.15) is 0 Å². The van der Waals surface area contributed by atoms with E-state index in [9.17, 15) is 4.79 Å². The van der Waals surface area contributed by atoms with Gasteiger partial charge in [0.05, 0.1) is 24.9 Å². The lowest BCUT2D eigenvalue weighted by molar-refractivity contribution is -0.114. The first-order valence-corrected chi connectivity index (χ1v) is 9.84. The molecule has 1 atom stereocenters. The minimum atomic E-state index is -0.145. The van der Waals surface area contributed by atoms with Crippen LogP contribution in [0.2, 0.25) is 0 Å². The van der Waals surface area contributed by atoms with Crippen LogP contribution in [0.4, 0.5) is 11.4 Å². The Balaban J connectivity index is 1.50. The fourth-order valence-corrected chi connectivity index (χ4v) is 2.95. The van der Waals surface area contributed by atoms with E-state index in [2.05, 4.69) is 17.6 Å². The molecule has 3 rings (SSSR count). The molecule has 6 nitrogen and oxygen atoms in total. The normalized spacial score (nSPS) is 15.8. The molecule has 0 bridgehead atoms. The first-order valence-electron chi connectivity index (χ1n) is 9.84. The van der Waals surface area contributed by atoms with Crippen molar-refractivity contribution in [2.75, 3.05) is 37.0 Å². The lowest BCUT2D eigenvalue weighted by atomic mass is 10.2. The number of ether oxygens (including phenoxy) is 3. The summed E-state index contributed by atoms with van der Waals surface area (Å²) in [5, 5.41) is 6.03. The Morgan fingerprint density at radius 2 is 2.07 bits per heavy atom. The van der Waals surface area contributed by atoms with Crippen LogP contribution in [0.5, 0.6) is 11.5 Å². The van der Waals surface area contributed by atoms with Gasteiger partial charge >= 0.3 is 0 Å². The van der Waals surface area contributed by atoms with E-state index in [0.29, 0.717) is 24.7 Å². The molecule has 1 amide bonds. The van der Waals surface area contributed by atoms with Gasteiger partial charge in [-0.3, -0.25) is 4.79 Å². The van der Waals surface area contributed by atoms with E-state index in [1.165, 1.54) is 0 Å². The third kappa shape index (κ3) is 6.16. The zero-order valence-electron chi connectivity index (χ0n) is 16.3. The number of carbonyl (C=O) groups is 1. The molecule has 1 saturated heterocycles. The Labute approximate surface area is 166 Å². The van der Waals surface area contributed by atoms with Gasteiger partial charge in [-0.25, -0.2) is 0 Å². The molecule has 1 aliphatic rings. The summed E-state index contributed by atoms with van der Waals surface area (Å²) in [5.74, 6) is 1.30. The average molecular weight is 384 g/mol. The molecule has 150 valence electrons. The zero-order chi connectivity index (χ0) is 19.6. The lowest BCUT2D eigenvalue weighted by Crippen LogP contribution is -2.22. The van der Waals surface area contributed by atoms with Crippen molar-refractivity contribution in [2.24, 2.45) is 0 Å². The zero-order valence-corrected chi connectivity index (χ0v) is 16.3. The minimum absolute atomic E-state index is 0.132. The molecule has 2 aromatic rings. The molecule has 0 saturated carbocycles. The summed E-state index contributed by atoms with van der Waals surface area (Å²) >= 11 is 0. The number of hydrogen-bond donors (Lipinski definition) is 2. The predicted octanol–water partition coefficient (Wildman–Crippen LogP) is 4.08. The maximum absolute atomic E-state index is 12.4. The number of hydrogen-bond acceptors (Lipinski definition) is 5. The third-order valence-electron chi connectivity index (χ3n) is 4.37. The highest BCUT2D eigenvalue weighted by Gasteiger charge is 2.17. The van der Waals surface area contributed by atoms with E-state index in [1.54, 1.807) is 0 Å². The Hall–Kier alpha value is -2.73. The lowest BCUT2D eigenvalue weighted by Gasteiger charge is -2.15. The van der Waals surface area contributed by atoms with Crippen LogP contribution in [0.1, 0.15) is 26.2 Å². The second-order valence-corrected chi connectivity index (χ2v) is 6.72. The number of nitrogens with one attached hydrogen (secondary N) is 2. The van der Waals surface area contributed by atoms with Crippen LogP contribution >= 0.6 is 0 Å². The molecule has 1 aliphatic heterocycles. The molecule has 1 heterocycles. The fraction of sp³-hybridized carbons (Fsp3) is 0.409. The molecule has 1 unspecified atom stereocenters. The van der Waals surface area contributed by atoms with Crippen LogP contribution in [0.25, 0.3) is 0 Å². The first kappa shape index (κ1) is 20.0. The highest BCUT2D eigenvalue weighted by atomic mass is 16.5. The molecular weight excluding hydrogens is 356 g/mol. The molecule has 0 spiro atoms. The quantitative estimate of drug-likeness (QED) is 0.646. The van der Waals surface area contributed by atoms with Crippen molar-refractivity contribution in [2.45, 2.75) is 32.3 Å². The molecule has 6 heteroatoms. The largest absolute Gasteiger partial charge is 0.494 e. The second kappa shape index (κ2) is 10.6. The minimum Gasteiger partial charge on any atom is -0.494 e. The Morgan fingerprint density at radius 3 is 2.89 bits per heavy atom. The summed E-state index contributed by atoms with van der Waals surface area (Å²) in [5.41, 5.74) is 1.50. The van der Waals surface area contributed by atoms with Crippen molar-refractivity contribution in [1.82, 2.24) is 0 Å². The van der Waals surface area contributed by atoms with Crippen molar-refractivity contribution < 1.29 is 19.0 Å². The molecule has 0 aromatic heterocycles. The topological polar surface area (TPSA) is 68.8 Å². The van der Waals surface area contributed by atoms with Crippen LogP contribution in [0.3, 0.4) is 0 Å².